The highest BCUT2D eigenvalue weighted by Gasteiger charge is 2.28. The van der Waals surface area contributed by atoms with E-state index in [9.17, 15) is 17.6 Å². The van der Waals surface area contributed by atoms with Gasteiger partial charge in [0.2, 0.25) is 10.0 Å². The molecule has 2 aromatic rings. The summed E-state index contributed by atoms with van der Waals surface area (Å²) >= 11 is 11.9. The third kappa shape index (κ3) is 5.37. The number of benzene rings is 2. The minimum Gasteiger partial charge on any atom is -0.482 e. The van der Waals surface area contributed by atoms with Gasteiger partial charge in [0, 0.05) is 18.8 Å². The molecule has 1 saturated heterocycles. The van der Waals surface area contributed by atoms with E-state index >= 15 is 0 Å². The van der Waals surface area contributed by atoms with Crippen molar-refractivity contribution in [2.75, 3.05) is 38.2 Å². The van der Waals surface area contributed by atoms with E-state index in [4.69, 9.17) is 32.7 Å². The quantitative estimate of drug-likeness (QED) is 0.712. The van der Waals surface area contributed by atoms with Crippen LogP contribution in [0.5, 0.6) is 5.75 Å². The number of rotatable bonds is 6. The monoisotopic (exact) mass is 462 g/mol. The van der Waals surface area contributed by atoms with Crippen LogP contribution in [0, 0.1) is 5.82 Å². The summed E-state index contributed by atoms with van der Waals surface area (Å²) in [5.41, 5.74) is 0.236. The second-order valence-corrected chi connectivity index (χ2v) is 8.79. The van der Waals surface area contributed by atoms with E-state index in [0.717, 1.165) is 12.1 Å². The van der Waals surface area contributed by atoms with Gasteiger partial charge in [-0.25, -0.2) is 12.8 Å². The fourth-order valence-corrected chi connectivity index (χ4v) is 4.77. The first-order valence-corrected chi connectivity index (χ1v) is 10.7. The fraction of sp³-hybridized carbons (Fsp3) is 0.278. The summed E-state index contributed by atoms with van der Waals surface area (Å²) in [6.45, 7) is 0.648. The van der Waals surface area contributed by atoms with Gasteiger partial charge in [0.15, 0.2) is 6.61 Å². The Morgan fingerprint density at radius 1 is 1.14 bits per heavy atom. The zero-order chi connectivity index (χ0) is 21.0. The molecule has 1 N–H and O–H groups in total. The molecule has 156 valence electrons. The van der Waals surface area contributed by atoms with E-state index in [1.807, 2.05) is 0 Å². The smallest absolute Gasteiger partial charge is 0.262 e. The van der Waals surface area contributed by atoms with Crippen LogP contribution in [0.15, 0.2) is 41.3 Å². The van der Waals surface area contributed by atoms with E-state index in [1.54, 1.807) is 0 Å². The topological polar surface area (TPSA) is 84.9 Å². The summed E-state index contributed by atoms with van der Waals surface area (Å²) in [7, 11) is -3.83. The number of hydrogen-bond acceptors (Lipinski definition) is 5. The standard InChI is InChI=1S/C18H17Cl2FN2O5S/c19-14-3-2-13(10-17(14)29(25,26)23-5-7-27-8-6-23)22-18(24)11-28-16-4-1-12(21)9-15(16)20/h1-4,9-10H,5-8,11H2,(H,22,24). The van der Waals surface area contributed by atoms with Gasteiger partial charge in [-0.1, -0.05) is 23.2 Å². The van der Waals surface area contributed by atoms with Crippen molar-refractivity contribution >= 4 is 44.8 Å². The Hall–Kier alpha value is -1.91. The van der Waals surface area contributed by atoms with Gasteiger partial charge < -0.3 is 14.8 Å². The van der Waals surface area contributed by atoms with Gasteiger partial charge in [0.1, 0.15) is 16.5 Å². The molecule has 0 aliphatic carbocycles. The van der Waals surface area contributed by atoms with E-state index in [1.165, 1.54) is 28.6 Å². The van der Waals surface area contributed by atoms with Crippen molar-refractivity contribution in [3.63, 3.8) is 0 Å². The molecule has 7 nitrogen and oxygen atoms in total. The third-order valence-electron chi connectivity index (χ3n) is 4.06. The zero-order valence-electron chi connectivity index (χ0n) is 15.0. The molecule has 0 atom stereocenters. The highest BCUT2D eigenvalue weighted by atomic mass is 35.5. The summed E-state index contributed by atoms with van der Waals surface area (Å²) in [6.07, 6.45) is 0. The van der Waals surface area contributed by atoms with Crippen molar-refractivity contribution in [2.45, 2.75) is 4.90 Å². The molecular weight excluding hydrogens is 446 g/mol. The number of ether oxygens (including phenoxy) is 2. The SMILES string of the molecule is O=C(COc1ccc(F)cc1Cl)Nc1ccc(Cl)c(S(=O)(=O)N2CCOCC2)c1. The highest BCUT2D eigenvalue weighted by molar-refractivity contribution is 7.89. The maximum atomic E-state index is 13.0. The van der Waals surface area contributed by atoms with Crippen LogP contribution in [0.4, 0.5) is 10.1 Å². The molecule has 0 unspecified atom stereocenters. The summed E-state index contributed by atoms with van der Waals surface area (Å²) in [5.74, 6) is -0.931. The Bertz CT molecular complexity index is 1010. The molecule has 1 aliphatic heterocycles. The molecule has 0 radical (unpaired) electrons. The predicted octanol–water partition coefficient (Wildman–Crippen LogP) is 3.17. The number of anilines is 1. The predicted molar refractivity (Wildman–Crippen MR) is 107 cm³/mol. The van der Waals surface area contributed by atoms with Gasteiger partial charge in [0.05, 0.1) is 23.3 Å². The summed E-state index contributed by atoms with van der Waals surface area (Å²) < 4.78 is 50.4. The van der Waals surface area contributed by atoms with Crippen molar-refractivity contribution in [1.82, 2.24) is 4.31 Å². The Morgan fingerprint density at radius 3 is 2.55 bits per heavy atom. The van der Waals surface area contributed by atoms with Gasteiger partial charge in [-0.05, 0) is 36.4 Å². The Morgan fingerprint density at radius 2 is 1.86 bits per heavy atom. The van der Waals surface area contributed by atoms with Crippen LogP contribution < -0.4 is 10.1 Å². The number of amides is 1. The first-order chi connectivity index (χ1) is 13.8. The number of morpholine rings is 1. The number of sulfonamides is 1. The van der Waals surface area contributed by atoms with E-state index < -0.39 is 28.4 Å². The molecule has 11 heteroatoms. The number of hydrogen-bond donors (Lipinski definition) is 1. The third-order valence-corrected chi connectivity index (χ3v) is 6.73. The highest BCUT2D eigenvalue weighted by Crippen LogP contribution is 2.28. The molecule has 0 aromatic heterocycles. The molecule has 0 saturated carbocycles. The molecule has 0 spiro atoms. The van der Waals surface area contributed by atoms with E-state index in [2.05, 4.69) is 5.32 Å². The maximum Gasteiger partial charge on any atom is 0.262 e. The molecule has 1 fully saturated rings. The van der Waals surface area contributed by atoms with Crippen LogP contribution in [0.25, 0.3) is 0 Å². The summed E-state index contributed by atoms with van der Waals surface area (Å²) in [5, 5.41) is 2.61. The summed E-state index contributed by atoms with van der Waals surface area (Å²) in [4.78, 5) is 12.0. The van der Waals surface area contributed by atoms with Crippen LogP contribution in [-0.2, 0) is 19.6 Å². The van der Waals surface area contributed by atoms with Gasteiger partial charge in [-0.3, -0.25) is 4.79 Å². The first-order valence-electron chi connectivity index (χ1n) is 8.52. The van der Waals surface area contributed by atoms with Crippen molar-refractivity contribution in [1.29, 1.82) is 0 Å². The van der Waals surface area contributed by atoms with Gasteiger partial charge >= 0.3 is 0 Å². The Labute approximate surface area is 177 Å². The lowest BCUT2D eigenvalue weighted by Gasteiger charge is -2.26. The van der Waals surface area contributed by atoms with Crippen LogP contribution >= 0.6 is 23.2 Å². The Balaban J connectivity index is 1.69. The largest absolute Gasteiger partial charge is 0.482 e. The molecule has 0 bridgehead atoms. The van der Waals surface area contributed by atoms with Gasteiger partial charge in [-0.15, -0.1) is 0 Å². The number of carbonyl (C=O) groups is 1. The lowest BCUT2D eigenvalue weighted by molar-refractivity contribution is -0.118. The van der Waals surface area contributed by atoms with Crippen molar-refractivity contribution in [2.24, 2.45) is 0 Å². The molecule has 29 heavy (non-hydrogen) atoms. The van der Waals surface area contributed by atoms with Crippen molar-refractivity contribution < 1.29 is 27.1 Å². The normalized spacial score (nSPS) is 15.1. The Kier molecular flexibility index (Phi) is 6.97. The van der Waals surface area contributed by atoms with Crippen LogP contribution in [0.2, 0.25) is 10.0 Å². The maximum absolute atomic E-state index is 13.0. The number of nitrogens with one attached hydrogen (secondary N) is 1. The van der Waals surface area contributed by atoms with E-state index in [0.29, 0.717) is 13.2 Å². The summed E-state index contributed by atoms with van der Waals surface area (Å²) in [6, 6.07) is 7.68. The number of carbonyl (C=O) groups excluding carboxylic acids is 1. The van der Waals surface area contributed by atoms with Crippen molar-refractivity contribution in [3.8, 4) is 5.75 Å². The average Bonchev–Trinajstić information content (AvgIpc) is 2.69. The first kappa shape index (κ1) is 21.8. The van der Waals surface area contributed by atoms with Gasteiger partial charge in [0.25, 0.3) is 5.91 Å². The van der Waals surface area contributed by atoms with Crippen LogP contribution in [0.3, 0.4) is 0 Å². The molecule has 2 aromatic carbocycles. The minimum atomic E-state index is -3.83. The van der Waals surface area contributed by atoms with E-state index in [-0.39, 0.29) is 39.5 Å². The van der Waals surface area contributed by atoms with Crippen LogP contribution in [0.1, 0.15) is 0 Å². The van der Waals surface area contributed by atoms with Crippen molar-refractivity contribution in [3.05, 3.63) is 52.3 Å². The zero-order valence-corrected chi connectivity index (χ0v) is 17.4. The molecule has 1 amide bonds. The van der Waals surface area contributed by atoms with Crippen LogP contribution in [-0.4, -0.2) is 51.5 Å². The molecule has 1 heterocycles. The fourth-order valence-electron chi connectivity index (χ4n) is 2.64. The molecule has 1 aliphatic rings. The number of halogens is 3. The lowest BCUT2D eigenvalue weighted by atomic mass is 10.3. The number of nitrogens with zero attached hydrogens (tertiary/aromatic N) is 1. The lowest BCUT2D eigenvalue weighted by Crippen LogP contribution is -2.40. The second-order valence-electron chi connectivity index (χ2n) is 6.07. The molecule has 3 rings (SSSR count). The minimum absolute atomic E-state index is 0.0307. The molecular formula is C18H17Cl2FN2O5S. The van der Waals surface area contributed by atoms with Gasteiger partial charge in [-0.2, -0.15) is 4.31 Å². The second kappa shape index (κ2) is 9.27. The average molecular weight is 463 g/mol.